The number of carbonyl (C=O) groups excluding carboxylic acids is 3. The first-order chi connectivity index (χ1) is 9.47. The summed E-state index contributed by atoms with van der Waals surface area (Å²) >= 11 is 12.0. The van der Waals surface area contributed by atoms with Crippen molar-refractivity contribution < 1.29 is 14.4 Å². The Balaban J connectivity index is 2.30. The van der Waals surface area contributed by atoms with Gasteiger partial charge in [-0.3, -0.25) is 19.4 Å². The van der Waals surface area contributed by atoms with Crippen LogP contribution in [0.4, 0.5) is 4.79 Å². The van der Waals surface area contributed by atoms with Crippen LogP contribution in [0.15, 0.2) is 30.9 Å². The lowest BCUT2D eigenvalue weighted by Crippen LogP contribution is -2.33. The van der Waals surface area contributed by atoms with E-state index in [4.69, 9.17) is 23.2 Å². The molecule has 0 aliphatic carbocycles. The van der Waals surface area contributed by atoms with Gasteiger partial charge in [-0.05, 0) is 12.1 Å². The molecule has 1 aliphatic rings. The van der Waals surface area contributed by atoms with Gasteiger partial charge in [0, 0.05) is 22.2 Å². The largest absolute Gasteiger partial charge is 0.334 e. The summed E-state index contributed by atoms with van der Waals surface area (Å²) in [5.74, 6) is -1.77. The van der Waals surface area contributed by atoms with Crippen LogP contribution in [-0.4, -0.2) is 34.2 Å². The second-order valence-electron chi connectivity index (χ2n) is 4.08. The lowest BCUT2D eigenvalue weighted by atomic mass is 10.2. The molecular weight excluding hydrogens is 303 g/mol. The van der Waals surface area contributed by atoms with E-state index in [9.17, 15) is 14.4 Å². The predicted molar refractivity (Wildman–Crippen MR) is 74.3 cm³/mol. The topological polar surface area (TPSA) is 57.7 Å². The first kappa shape index (κ1) is 14.6. The van der Waals surface area contributed by atoms with Gasteiger partial charge in [-0.25, -0.2) is 4.79 Å². The molecule has 1 aliphatic heterocycles. The van der Waals surface area contributed by atoms with Gasteiger partial charge in [-0.15, -0.1) is 6.58 Å². The van der Waals surface area contributed by atoms with E-state index >= 15 is 0 Å². The van der Waals surface area contributed by atoms with Crippen molar-refractivity contribution in [2.24, 2.45) is 0 Å². The number of nitrogens with zero attached hydrogens (tertiary/aromatic N) is 2. The number of carbonyl (C=O) groups is 3. The van der Waals surface area contributed by atoms with Crippen LogP contribution >= 0.6 is 23.2 Å². The van der Waals surface area contributed by atoms with Crippen LogP contribution < -0.4 is 0 Å². The van der Waals surface area contributed by atoms with Gasteiger partial charge >= 0.3 is 17.8 Å². The quantitative estimate of drug-likeness (QED) is 0.487. The molecule has 0 aromatic heterocycles. The second kappa shape index (κ2) is 5.64. The van der Waals surface area contributed by atoms with Crippen molar-refractivity contribution in [1.29, 1.82) is 0 Å². The third kappa shape index (κ3) is 2.42. The summed E-state index contributed by atoms with van der Waals surface area (Å²) in [7, 11) is 0. The van der Waals surface area contributed by atoms with E-state index in [2.05, 4.69) is 6.58 Å². The van der Waals surface area contributed by atoms with Crippen molar-refractivity contribution >= 4 is 41.0 Å². The molecule has 5 nitrogen and oxygen atoms in total. The SMILES string of the molecule is C=CCN1C(=O)C(=O)N(Cc2c(Cl)cccc2Cl)C1=O. The molecule has 1 heterocycles. The minimum absolute atomic E-state index is 0.0177. The van der Waals surface area contributed by atoms with Crippen molar-refractivity contribution in [1.82, 2.24) is 9.80 Å². The van der Waals surface area contributed by atoms with Crippen molar-refractivity contribution in [2.45, 2.75) is 6.54 Å². The average molecular weight is 313 g/mol. The maximum Gasteiger partial charge on any atom is 0.334 e. The monoisotopic (exact) mass is 312 g/mol. The highest BCUT2D eigenvalue weighted by molar-refractivity contribution is 6.44. The Labute approximate surface area is 125 Å². The molecule has 0 N–H and O–H groups in total. The molecule has 7 heteroatoms. The lowest BCUT2D eigenvalue weighted by molar-refractivity contribution is -0.143. The number of hydrogen-bond donors (Lipinski definition) is 0. The van der Waals surface area contributed by atoms with E-state index in [1.165, 1.54) is 6.08 Å². The summed E-state index contributed by atoms with van der Waals surface area (Å²) in [6.45, 7) is 3.28. The van der Waals surface area contributed by atoms with Gasteiger partial charge in [0.25, 0.3) is 0 Å². The molecule has 2 rings (SSSR count). The fourth-order valence-corrected chi connectivity index (χ4v) is 2.34. The summed E-state index contributed by atoms with van der Waals surface area (Å²) < 4.78 is 0. The zero-order valence-electron chi connectivity index (χ0n) is 10.3. The Morgan fingerprint density at radius 1 is 1.05 bits per heavy atom. The number of hydrogen-bond acceptors (Lipinski definition) is 3. The van der Waals surface area contributed by atoms with E-state index in [0.717, 1.165) is 9.80 Å². The number of halogens is 2. The normalized spacial score (nSPS) is 15.2. The van der Waals surface area contributed by atoms with E-state index in [1.807, 2.05) is 0 Å². The Bertz CT molecular complexity index is 595. The van der Waals surface area contributed by atoms with Gasteiger partial charge in [-0.1, -0.05) is 35.3 Å². The van der Waals surface area contributed by atoms with Crippen LogP contribution in [0.1, 0.15) is 5.56 Å². The third-order valence-electron chi connectivity index (χ3n) is 2.82. The zero-order valence-corrected chi connectivity index (χ0v) is 11.8. The summed E-state index contributed by atoms with van der Waals surface area (Å²) in [6, 6.07) is 4.14. The summed E-state index contributed by atoms with van der Waals surface area (Å²) in [5, 5.41) is 0.653. The number of amides is 4. The van der Waals surface area contributed by atoms with Crippen molar-refractivity contribution in [3.8, 4) is 0 Å². The molecule has 104 valence electrons. The second-order valence-corrected chi connectivity index (χ2v) is 4.89. The predicted octanol–water partition coefficient (Wildman–Crippen LogP) is 2.47. The molecular formula is C13H10Cl2N2O3. The van der Waals surface area contributed by atoms with Crippen LogP contribution in [0.2, 0.25) is 10.0 Å². The van der Waals surface area contributed by atoms with E-state index in [1.54, 1.807) is 18.2 Å². The zero-order chi connectivity index (χ0) is 14.9. The van der Waals surface area contributed by atoms with Crippen LogP contribution in [0, 0.1) is 0 Å². The molecule has 0 spiro atoms. The standard InChI is InChI=1S/C13H10Cl2N2O3/c1-2-6-16-11(18)12(19)17(13(16)20)7-8-9(14)4-3-5-10(8)15/h2-5H,1,6-7H2. The molecule has 1 aromatic carbocycles. The highest BCUT2D eigenvalue weighted by atomic mass is 35.5. The van der Waals surface area contributed by atoms with Crippen molar-refractivity contribution in [3.05, 3.63) is 46.5 Å². The molecule has 0 bridgehead atoms. The molecule has 20 heavy (non-hydrogen) atoms. The summed E-state index contributed by atoms with van der Waals surface area (Å²) in [4.78, 5) is 37.2. The van der Waals surface area contributed by atoms with Gasteiger partial charge in [0.1, 0.15) is 0 Å². The van der Waals surface area contributed by atoms with Crippen molar-refractivity contribution in [2.75, 3.05) is 6.54 Å². The van der Waals surface area contributed by atoms with Crippen LogP contribution in [-0.2, 0) is 16.1 Å². The van der Waals surface area contributed by atoms with Crippen LogP contribution in [0.5, 0.6) is 0 Å². The molecule has 4 amide bonds. The van der Waals surface area contributed by atoms with Crippen molar-refractivity contribution in [3.63, 3.8) is 0 Å². The maximum absolute atomic E-state index is 12.0. The minimum Gasteiger partial charge on any atom is -0.263 e. The number of rotatable bonds is 4. The number of benzene rings is 1. The van der Waals surface area contributed by atoms with Crippen LogP contribution in [0.25, 0.3) is 0 Å². The average Bonchev–Trinajstić information content (AvgIpc) is 2.60. The summed E-state index contributed by atoms with van der Waals surface area (Å²) in [6.07, 6.45) is 1.37. The first-order valence-electron chi connectivity index (χ1n) is 5.68. The molecule has 0 radical (unpaired) electrons. The fourth-order valence-electron chi connectivity index (χ4n) is 1.82. The minimum atomic E-state index is -0.896. The molecule has 0 saturated carbocycles. The molecule has 0 atom stereocenters. The van der Waals surface area contributed by atoms with Gasteiger partial charge in [0.15, 0.2) is 0 Å². The Hall–Kier alpha value is -1.85. The molecule has 1 saturated heterocycles. The Morgan fingerprint density at radius 3 is 2.15 bits per heavy atom. The number of urea groups is 1. The van der Waals surface area contributed by atoms with E-state index in [0.29, 0.717) is 15.6 Å². The van der Waals surface area contributed by atoms with Gasteiger partial charge in [0.2, 0.25) is 0 Å². The lowest BCUT2D eigenvalue weighted by Gasteiger charge is -2.15. The van der Waals surface area contributed by atoms with E-state index < -0.39 is 17.8 Å². The highest BCUT2D eigenvalue weighted by Crippen LogP contribution is 2.27. The Morgan fingerprint density at radius 2 is 1.60 bits per heavy atom. The van der Waals surface area contributed by atoms with Crippen LogP contribution in [0.3, 0.4) is 0 Å². The molecule has 0 unspecified atom stereocenters. The fraction of sp³-hybridized carbons (Fsp3) is 0.154. The van der Waals surface area contributed by atoms with Gasteiger partial charge in [0.05, 0.1) is 6.54 Å². The molecule has 1 fully saturated rings. The third-order valence-corrected chi connectivity index (χ3v) is 3.53. The summed E-state index contributed by atoms with van der Waals surface area (Å²) in [5.41, 5.74) is 0.422. The molecule has 1 aromatic rings. The Kier molecular flexibility index (Phi) is 4.11. The van der Waals surface area contributed by atoms with Gasteiger partial charge < -0.3 is 0 Å². The van der Waals surface area contributed by atoms with Gasteiger partial charge in [-0.2, -0.15) is 0 Å². The van der Waals surface area contributed by atoms with E-state index in [-0.39, 0.29) is 13.1 Å². The first-order valence-corrected chi connectivity index (χ1v) is 6.44. The smallest absolute Gasteiger partial charge is 0.263 e. The maximum atomic E-state index is 12.0. The highest BCUT2D eigenvalue weighted by Gasteiger charge is 2.44. The number of imide groups is 2.